The summed E-state index contributed by atoms with van der Waals surface area (Å²) in [6.45, 7) is 15.2. The third-order valence-corrected chi connectivity index (χ3v) is 12.7. The molecule has 1 aromatic heterocycles. The molecular formula is C24H34N4O4SSi. The zero-order valence-electron chi connectivity index (χ0n) is 20.9. The Morgan fingerprint density at radius 1 is 1.32 bits per heavy atom. The summed E-state index contributed by atoms with van der Waals surface area (Å²) >= 11 is 1.61. The van der Waals surface area contributed by atoms with Crippen molar-refractivity contribution in [2.45, 2.75) is 77.0 Å². The first-order chi connectivity index (χ1) is 15.8. The van der Waals surface area contributed by atoms with Crippen molar-refractivity contribution >= 4 is 31.6 Å². The Balaban J connectivity index is 1.49. The molecule has 1 unspecified atom stereocenters. The molecular weight excluding hydrogens is 468 g/mol. The van der Waals surface area contributed by atoms with E-state index in [0.29, 0.717) is 18.8 Å². The normalized spacial score (nSPS) is 25.1. The summed E-state index contributed by atoms with van der Waals surface area (Å²) < 4.78 is 6.53. The highest BCUT2D eigenvalue weighted by molar-refractivity contribution is 7.13. The first-order valence-electron chi connectivity index (χ1n) is 11.5. The number of hydrogen-bond donors (Lipinski definition) is 2. The fourth-order valence-corrected chi connectivity index (χ4v) is 6.33. The van der Waals surface area contributed by atoms with Gasteiger partial charge in [0.2, 0.25) is 5.72 Å². The van der Waals surface area contributed by atoms with Crippen molar-refractivity contribution in [2.24, 2.45) is 5.16 Å². The van der Waals surface area contributed by atoms with Gasteiger partial charge in [-0.3, -0.25) is 4.90 Å². The maximum absolute atomic E-state index is 12.0. The van der Waals surface area contributed by atoms with Crippen molar-refractivity contribution in [3.05, 3.63) is 41.0 Å². The second-order valence-corrected chi connectivity index (χ2v) is 16.4. The van der Waals surface area contributed by atoms with Crippen LogP contribution >= 0.6 is 11.3 Å². The molecule has 2 aliphatic rings. The number of benzene rings is 1. The number of amidine groups is 1. The van der Waals surface area contributed by atoms with Crippen LogP contribution in [0.1, 0.15) is 45.4 Å². The summed E-state index contributed by atoms with van der Waals surface area (Å²) in [5.41, 5.74) is 3.99. The monoisotopic (exact) mass is 502 g/mol. The quantitative estimate of drug-likeness (QED) is 0.534. The number of aromatic nitrogens is 1. The van der Waals surface area contributed by atoms with Gasteiger partial charge in [0, 0.05) is 25.5 Å². The number of amides is 1. The summed E-state index contributed by atoms with van der Waals surface area (Å²) in [6, 6.07) is 7.67. The second kappa shape index (κ2) is 8.65. The molecule has 8 nitrogen and oxygen atoms in total. The lowest BCUT2D eigenvalue weighted by Gasteiger charge is -2.38. The Morgan fingerprint density at radius 3 is 2.56 bits per heavy atom. The standard InChI is InChI=1S/C24H34N4O4SSi/c1-15-20(33-14-25-15)16-8-10-17(11-9-16)24(5)26-21(27-32-24)19-12-18(13-28(19)22(29)30)31-34(6,7)23(2,3)4/h8-11,14,18-19H,12-13H2,1-7H3,(H,26,27)(H,29,30)/t18-,19+,24?/m1/s1. The van der Waals surface area contributed by atoms with E-state index >= 15 is 0 Å². The second-order valence-electron chi connectivity index (χ2n) is 10.8. The van der Waals surface area contributed by atoms with Crippen molar-refractivity contribution in [1.29, 1.82) is 0 Å². The lowest BCUT2D eigenvalue weighted by molar-refractivity contribution is -0.0228. The number of thiazole rings is 1. The minimum Gasteiger partial charge on any atom is -0.465 e. The third kappa shape index (κ3) is 4.58. The van der Waals surface area contributed by atoms with E-state index in [4.69, 9.17) is 9.26 Å². The molecule has 1 aromatic carbocycles. The van der Waals surface area contributed by atoms with Crippen LogP contribution in [0.3, 0.4) is 0 Å². The van der Waals surface area contributed by atoms with E-state index in [-0.39, 0.29) is 11.1 Å². The van der Waals surface area contributed by atoms with Crippen molar-refractivity contribution in [1.82, 2.24) is 15.2 Å². The maximum Gasteiger partial charge on any atom is 0.408 e. The van der Waals surface area contributed by atoms with Crippen LogP contribution in [0.25, 0.3) is 10.4 Å². The van der Waals surface area contributed by atoms with Crippen molar-refractivity contribution in [3.63, 3.8) is 0 Å². The predicted molar refractivity (Wildman–Crippen MR) is 137 cm³/mol. The summed E-state index contributed by atoms with van der Waals surface area (Å²) in [7, 11) is -2.03. The Labute approximate surface area is 206 Å². The summed E-state index contributed by atoms with van der Waals surface area (Å²) in [6.07, 6.45) is -0.595. The topological polar surface area (TPSA) is 96.3 Å². The Hall–Kier alpha value is -2.43. The molecule has 0 radical (unpaired) electrons. The summed E-state index contributed by atoms with van der Waals surface area (Å²) in [4.78, 5) is 24.8. The molecule has 4 rings (SSSR count). The minimum absolute atomic E-state index is 0.0494. The van der Waals surface area contributed by atoms with E-state index < -0.39 is 26.2 Å². The van der Waals surface area contributed by atoms with Crippen LogP contribution in [0.2, 0.25) is 18.1 Å². The van der Waals surface area contributed by atoms with Gasteiger partial charge in [-0.1, -0.05) is 50.2 Å². The predicted octanol–water partition coefficient (Wildman–Crippen LogP) is 5.37. The van der Waals surface area contributed by atoms with Gasteiger partial charge in [-0.2, -0.15) is 0 Å². The SMILES string of the molecule is Cc1ncsc1-c1ccc(C2(C)NC([C@@H]3C[C@@H](O[Si](C)(C)C(C)(C)C)CN3C(=O)O)=NO2)cc1. The first-order valence-corrected chi connectivity index (χ1v) is 15.3. The molecule has 2 N–H and O–H groups in total. The van der Waals surface area contributed by atoms with E-state index in [9.17, 15) is 9.90 Å². The molecule has 1 fully saturated rings. The Kier molecular flexibility index (Phi) is 6.28. The van der Waals surface area contributed by atoms with Crippen LogP contribution in [0.4, 0.5) is 4.79 Å². The molecule has 2 aromatic rings. The van der Waals surface area contributed by atoms with Crippen molar-refractivity contribution < 1.29 is 19.2 Å². The van der Waals surface area contributed by atoms with Gasteiger partial charge < -0.3 is 19.7 Å². The fraction of sp³-hybridized carbons (Fsp3) is 0.542. The molecule has 0 aliphatic carbocycles. The number of nitrogens with zero attached hydrogens (tertiary/aromatic N) is 3. The lowest BCUT2D eigenvalue weighted by atomic mass is 10.0. The van der Waals surface area contributed by atoms with Crippen LogP contribution in [-0.2, 0) is 15.0 Å². The molecule has 0 bridgehead atoms. The maximum atomic E-state index is 12.0. The fourth-order valence-electron chi connectivity index (χ4n) is 4.16. The Morgan fingerprint density at radius 2 is 2.00 bits per heavy atom. The van der Waals surface area contributed by atoms with Crippen LogP contribution in [0.5, 0.6) is 0 Å². The lowest BCUT2D eigenvalue weighted by Crippen LogP contribution is -2.48. The van der Waals surface area contributed by atoms with Crippen molar-refractivity contribution in [2.75, 3.05) is 6.54 Å². The first kappa shape index (κ1) is 24.7. The van der Waals surface area contributed by atoms with Crippen LogP contribution in [0.15, 0.2) is 34.9 Å². The average Bonchev–Trinajstić information content (AvgIpc) is 3.46. The highest BCUT2D eigenvalue weighted by Crippen LogP contribution is 2.39. The van der Waals surface area contributed by atoms with E-state index in [2.05, 4.69) is 49.3 Å². The highest BCUT2D eigenvalue weighted by Gasteiger charge is 2.48. The zero-order chi connectivity index (χ0) is 24.9. The van der Waals surface area contributed by atoms with Crippen LogP contribution in [-0.4, -0.2) is 53.9 Å². The number of nitrogens with one attached hydrogen (secondary N) is 1. The summed E-state index contributed by atoms with van der Waals surface area (Å²) in [5, 5.41) is 17.6. The third-order valence-electron chi connectivity index (χ3n) is 7.23. The van der Waals surface area contributed by atoms with E-state index in [0.717, 1.165) is 21.7 Å². The molecule has 1 amide bonds. The number of carboxylic acid groups (broad SMARTS) is 1. The molecule has 34 heavy (non-hydrogen) atoms. The number of likely N-dealkylation sites (tertiary alicyclic amines) is 1. The molecule has 3 heterocycles. The van der Waals surface area contributed by atoms with Crippen molar-refractivity contribution in [3.8, 4) is 10.4 Å². The van der Waals surface area contributed by atoms with Gasteiger partial charge in [0.1, 0.15) is 0 Å². The van der Waals surface area contributed by atoms with E-state index in [1.54, 1.807) is 11.3 Å². The molecule has 0 spiro atoms. The number of aryl methyl sites for hydroxylation is 1. The molecule has 10 heteroatoms. The number of rotatable bonds is 5. The molecule has 2 aliphatic heterocycles. The highest BCUT2D eigenvalue weighted by atomic mass is 32.1. The molecule has 184 valence electrons. The molecule has 0 saturated carbocycles. The van der Waals surface area contributed by atoms with Crippen LogP contribution < -0.4 is 5.32 Å². The minimum atomic E-state index is -2.03. The van der Waals surface area contributed by atoms with E-state index in [1.807, 2.05) is 43.6 Å². The molecule has 1 saturated heterocycles. The van der Waals surface area contributed by atoms with Crippen LogP contribution in [0, 0.1) is 6.92 Å². The van der Waals surface area contributed by atoms with Gasteiger partial charge >= 0.3 is 6.09 Å². The molecule has 3 atom stereocenters. The smallest absolute Gasteiger partial charge is 0.408 e. The number of oxime groups is 1. The number of hydrogen-bond acceptors (Lipinski definition) is 7. The van der Waals surface area contributed by atoms with Gasteiger partial charge in [0.15, 0.2) is 14.2 Å². The largest absolute Gasteiger partial charge is 0.465 e. The van der Waals surface area contributed by atoms with Gasteiger partial charge in [0.25, 0.3) is 0 Å². The Bertz CT molecular complexity index is 1100. The average molecular weight is 503 g/mol. The number of carbonyl (C=O) groups is 1. The van der Waals surface area contributed by atoms with Gasteiger partial charge in [-0.15, -0.1) is 11.3 Å². The van der Waals surface area contributed by atoms with Gasteiger partial charge in [-0.05, 0) is 30.6 Å². The zero-order valence-corrected chi connectivity index (χ0v) is 22.7. The summed E-state index contributed by atoms with van der Waals surface area (Å²) in [5.74, 6) is 0.522. The van der Waals surface area contributed by atoms with Gasteiger partial charge in [-0.25, -0.2) is 9.78 Å². The van der Waals surface area contributed by atoms with E-state index in [1.165, 1.54) is 4.90 Å². The van der Waals surface area contributed by atoms with Gasteiger partial charge in [0.05, 0.1) is 28.2 Å².